The first-order valence-corrected chi connectivity index (χ1v) is 15.5. The van der Waals surface area contributed by atoms with E-state index in [2.05, 4.69) is 79.4 Å². The van der Waals surface area contributed by atoms with Gasteiger partial charge in [0.15, 0.2) is 17.5 Å². The summed E-state index contributed by atoms with van der Waals surface area (Å²) in [6, 6.07) is 1.88. The quantitative estimate of drug-likeness (QED) is 0.211. The number of aryl methyl sites for hydroxylation is 14. The zero-order chi connectivity index (χ0) is 38.3. The molecule has 7 aromatic rings. The monoisotopic (exact) mass is 704 g/mol. The molecule has 7 aromatic heterocycles. The maximum Gasteiger partial charge on any atom is 0.223 e. The van der Waals surface area contributed by atoms with E-state index in [1.807, 2.05) is 75.6 Å². The zero-order valence-electron chi connectivity index (χ0n) is 31.8. The summed E-state index contributed by atoms with van der Waals surface area (Å²) in [5, 5.41) is 14.9. The van der Waals surface area contributed by atoms with Gasteiger partial charge in [-0.25, -0.2) is 39.9 Å². The highest BCUT2D eigenvalue weighted by atomic mass is 16.5. The molecule has 19 nitrogen and oxygen atoms in total. The molecule has 0 fully saturated rings. The minimum absolute atomic E-state index is 0.623. The Labute approximate surface area is 297 Å². The highest BCUT2D eigenvalue weighted by Crippen LogP contribution is 1.95. The van der Waals surface area contributed by atoms with Crippen LogP contribution in [0.15, 0.2) is 51.0 Å². The van der Waals surface area contributed by atoms with Crippen LogP contribution in [0.5, 0.6) is 0 Å². The first-order chi connectivity index (χ1) is 24.0. The molecule has 0 aliphatic carbocycles. The Morgan fingerprint density at radius 3 is 1.08 bits per heavy atom. The van der Waals surface area contributed by atoms with Gasteiger partial charge in [-0.15, -0.1) is 0 Å². The lowest BCUT2D eigenvalue weighted by molar-refractivity contribution is 0.389. The standard InChI is InChI=1S/C6H8N2.C5H7N3.C5H7NO.2C4H7N3.2C4H6N2O/c1-5-3-4-7-6(2)8-5;1-4-6-3-7-5(2)8-4;1-4-3-7-5(2)6-4;2*1-4-5-3-7(2)6-4;2*1-3-5-4(2)7-6-3/h3-4H,1-2H3;3H,1-2H3;3*3H,1-2H3;2*1-2H3. The van der Waals surface area contributed by atoms with Crippen molar-refractivity contribution in [1.82, 2.24) is 79.7 Å². The third kappa shape index (κ3) is 22.2. The first-order valence-electron chi connectivity index (χ1n) is 15.5. The van der Waals surface area contributed by atoms with Crippen LogP contribution in [0.4, 0.5) is 0 Å². The second kappa shape index (κ2) is 23.3. The number of hydrogen-bond donors (Lipinski definition) is 0. The molecule has 0 unspecified atom stereocenters. The molecule has 7 heterocycles. The minimum Gasteiger partial charge on any atom is -0.449 e. The number of nitrogens with zero attached hydrogens (tertiary/aromatic N) is 16. The molecule has 0 atom stereocenters. The predicted molar refractivity (Wildman–Crippen MR) is 186 cm³/mol. The summed E-state index contributed by atoms with van der Waals surface area (Å²) in [5.74, 6) is 7.40. The average molecular weight is 705 g/mol. The van der Waals surface area contributed by atoms with Crippen molar-refractivity contribution in [2.45, 2.75) is 83.1 Å². The van der Waals surface area contributed by atoms with Crippen molar-refractivity contribution in [3.05, 3.63) is 107 Å². The van der Waals surface area contributed by atoms with Crippen molar-refractivity contribution >= 4 is 0 Å². The van der Waals surface area contributed by atoms with E-state index < -0.39 is 0 Å². The lowest BCUT2D eigenvalue weighted by Gasteiger charge is -1.89. The van der Waals surface area contributed by atoms with Gasteiger partial charge in [0.05, 0.1) is 5.69 Å². The molecule has 19 heteroatoms. The van der Waals surface area contributed by atoms with Crippen molar-refractivity contribution in [3.63, 3.8) is 0 Å². The number of hydrogen-bond acceptors (Lipinski definition) is 17. The van der Waals surface area contributed by atoms with Crippen LogP contribution >= 0.6 is 0 Å². The summed E-state index contributed by atoms with van der Waals surface area (Å²) in [4.78, 5) is 38.9. The average Bonchev–Trinajstić information content (AvgIpc) is 3.88. The Morgan fingerprint density at radius 2 is 0.922 bits per heavy atom. The second-order valence-electron chi connectivity index (χ2n) is 10.5. The third-order valence-corrected chi connectivity index (χ3v) is 5.15. The van der Waals surface area contributed by atoms with Crippen LogP contribution in [0.2, 0.25) is 0 Å². The highest BCUT2D eigenvalue weighted by Gasteiger charge is 1.91. The Balaban J connectivity index is 0.000000298. The highest BCUT2D eigenvalue weighted by molar-refractivity contribution is 4.97. The summed E-state index contributed by atoms with van der Waals surface area (Å²) >= 11 is 0. The molecule has 0 amide bonds. The van der Waals surface area contributed by atoms with Gasteiger partial charge in [-0.05, 0) is 68.4 Å². The van der Waals surface area contributed by atoms with Gasteiger partial charge in [0.25, 0.3) is 0 Å². The fourth-order valence-corrected chi connectivity index (χ4v) is 3.23. The molecule has 0 aliphatic rings. The van der Waals surface area contributed by atoms with Gasteiger partial charge < -0.3 is 13.5 Å². The maximum absolute atomic E-state index is 4.85. The van der Waals surface area contributed by atoms with E-state index in [9.17, 15) is 0 Å². The van der Waals surface area contributed by atoms with Gasteiger partial charge in [0.2, 0.25) is 11.8 Å². The van der Waals surface area contributed by atoms with Crippen LogP contribution in [0, 0.1) is 83.1 Å². The lowest BCUT2D eigenvalue weighted by Crippen LogP contribution is -1.91. The van der Waals surface area contributed by atoms with E-state index >= 15 is 0 Å². The molecule has 0 aromatic carbocycles. The molecule has 0 aliphatic heterocycles. The number of oxazole rings is 1. The normalized spacial score (nSPS) is 9.37. The molecule has 0 saturated heterocycles. The third-order valence-electron chi connectivity index (χ3n) is 5.15. The van der Waals surface area contributed by atoms with E-state index in [4.69, 9.17) is 4.42 Å². The van der Waals surface area contributed by atoms with Gasteiger partial charge in [0.1, 0.15) is 54.4 Å². The molecule has 0 saturated carbocycles. The van der Waals surface area contributed by atoms with Gasteiger partial charge in [-0.2, -0.15) is 20.2 Å². The first kappa shape index (κ1) is 42.9. The SMILES string of the molecule is Cc1ccnc(C)n1.Cc1coc(C)n1.Cc1ncn(C)n1.Cc1ncn(C)n1.Cc1ncnc(C)n1.Cc1noc(C)n1.Cc1noc(C)n1. The van der Waals surface area contributed by atoms with Crippen LogP contribution in [0.25, 0.3) is 0 Å². The molecular weight excluding hydrogens is 656 g/mol. The Hall–Kier alpha value is -6.14. The van der Waals surface area contributed by atoms with E-state index in [-0.39, 0.29) is 0 Å². The number of aromatic nitrogens is 16. The molecule has 274 valence electrons. The lowest BCUT2D eigenvalue weighted by atomic mass is 10.4. The van der Waals surface area contributed by atoms with Crippen molar-refractivity contribution in [2.24, 2.45) is 14.1 Å². The Morgan fingerprint density at radius 1 is 0.451 bits per heavy atom. The molecule has 7 rings (SSSR count). The summed E-state index contributed by atoms with van der Waals surface area (Å²) in [6.07, 6.45) is 8.26. The van der Waals surface area contributed by atoms with Gasteiger partial charge >= 0.3 is 0 Å². The number of rotatable bonds is 0. The van der Waals surface area contributed by atoms with Crippen molar-refractivity contribution in [1.29, 1.82) is 0 Å². The molecule has 0 bridgehead atoms. The summed E-state index contributed by atoms with van der Waals surface area (Å²) in [6.45, 7) is 22.1. The van der Waals surface area contributed by atoms with Crippen LogP contribution < -0.4 is 0 Å². The van der Waals surface area contributed by atoms with Crippen LogP contribution in [0.3, 0.4) is 0 Å². The van der Waals surface area contributed by atoms with Crippen molar-refractivity contribution in [2.75, 3.05) is 0 Å². The largest absolute Gasteiger partial charge is 0.449 e. The van der Waals surface area contributed by atoms with Crippen LogP contribution in [0.1, 0.15) is 69.8 Å². The van der Waals surface area contributed by atoms with Gasteiger partial charge in [-0.1, -0.05) is 10.3 Å². The summed E-state index contributed by atoms with van der Waals surface area (Å²) in [5.41, 5.74) is 1.97. The van der Waals surface area contributed by atoms with E-state index in [1.165, 1.54) is 6.33 Å². The van der Waals surface area contributed by atoms with Crippen LogP contribution in [-0.2, 0) is 14.1 Å². The predicted octanol–water partition coefficient (Wildman–Crippen LogP) is 4.49. The van der Waals surface area contributed by atoms with Crippen molar-refractivity contribution < 1.29 is 13.5 Å². The minimum atomic E-state index is 0.623. The Bertz CT molecular complexity index is 1560. The molecule has 0 N–H and O–H groups in total. The second-order valence-corrected chi connectivity index (χ2v) is 10.5. The fraction of sp³-hybridized carbons (Fsp3) is 0.438. The van der Waals surface area contributed by atoms with Gasteiger partial charge in [-0.3, -0.25) is 9.36 Å². The van der Waals surface area contributed by atoms with Crippen molar-refractivity contribution in [3.8, 4) is 0 Å². The van der Waals surface area contributed by atoms with Crippen LogP contribution in [-0.4, -0.2) is 79.7 Å². The molecule has 0 radical (unpaired) electrons. The molecular formula is C32H48N16O3. The summed E-state index contributed by atoms with van der Waals surface area (Å²) < 4.78 is 17.4. The molecule has 0 spiro atoms. The van der Waals surface area contributed by atoms with E-state index in [0.29, 0.717) is 23.4 Å². The van der Waals surface area contributed by atoms with E-state index in [0.717, 1.165) is 46.4 Å². The maximum atomic E-state index is 4.85. The smallest absolute Gasteiger partial charge is 0.223 e. The molecule has 51 heavy (non-hydrogen) atoms. The Kier molecular flexibility index (Phi) is 19.6. The van der Waals surface area contributed by atoms with Gasteiger partial charge in [0, 0.05) is 46.8 Å². The zero-order valence-corrected chi connectivity index (χ0v) is 31.8. The topological polar surface area (TPSA) is 230 Å². The van der Waals surface area contributed by atoms with E-state index in [1.54, 1.807) is 62.2 Å². The summed E-state index contributed by atoms with van der Waals surface area (Å²) in [7, 11) is 3.69. The fourth-order valence-electron chi connectivity index (χ4n) is 3.23.